The summed E-state index contributed by atoms with van der Waals surface area (Å²) in [6, 6.07) is 3.75. The van der Waals surface area contributed by atoms with Crippen LogP contribution in [0.5, 0.6) is 0 Å². The van der Waals surface area contributed by atoms with Crippen LogP contribution in [0.25, 0.3) is 0 Å². The number of carbonyl (C=O) groups excluding carboxylic acids is 1. The monoisotopic (exact) mass is 247 g/mol. The molecule has 0 saturated heterocycles. The van der Waals surface area contributed by atoms with Gasteiger partial charge in [-0.1, -0.05) is 0 Å². The molecule has 1 aromatic heterocycles. The molecule has 6 heteroatoms. The predicted octanol–water partition coefficient (Wildman–Crippen LogP) is 0.670. The number of aromatic nitrogens is 1. The van der Waals surface area contributed by atoms with Gasteiger partial charge >= 0.3 is 0 Å². The number of amides is 1. The molecular formula is C9H14ClN3OS. The Morgan fingerprint density at radius 2 is 2.13 bits per heavy atom. The predicted molar refractivity (Wildman–Crippen MR) is 64.3 cm³/mol. The second kappa shape index (κ2) is 8.52. The lowest BCUT2D eigenvalue weighted by atomic mass is 10.5. The minimum absolute atomic E-state index is 0. The van der Waals surface area contributed by atoms with Crippen LogP contribution in [-0.4, -0.2) is 29.7 Å². The lowest BCUT2D eigenvalue weighted by Gasteiger charge is -2.02. The van der Waals surface area contributed by atoms with Gasteiger partial charge in [0.05, 0.1) is 5.75 Å². The summed E-state index contributed by atoms with van der Waals surface area (Å²) >= 11 is 1.49. The number of nitrogens with one attached hydrogen (secondary N) is 1. The average Bonchev–Trinajstić information content (AvgIpc) is 2.25. The van der Waals surface area contributed by atoms with Crippen molar-refractivity contribution < 1.29 is 4.79 Å². The SMILES string of the molecule is Cl.NCCNC(=O)CSc1ccncc1. The second-order valence-electron chi connectivity index (χ2n) is 2.61. The molecule has 0 aliphatic heterocycles. The van der Waals surface area contributed by atoms with Gasteiger partial charge in [0.25, 0.3) is 0 Å². The van der Waals surface area contributed by atoms with Crippen molar-refractivity contribution in [3.05, 3.63) is 24.5 Å². The molecule has 0 unspecified atom stereocenters. The highest BCUT2D eigenvalue weighted by atomic mass is 35.5. The summed E-state index contributed by atoms with van der Waals surface area (Å²) < 4.78 is 0. The van der Waals surface area contributed by atoms with Crippen molar-refractivity contribution in [3.63, 3.8) is 0 Å². The molecule has 0 bridgehead atoms. The van der Waals surface area contributed by atoms with Gasteiger partial charge in [0.1, 0.15) is 0 Å². The third-order valence-electron chi connectivity index (χ3n) is 1.49. The summed E-state index contributed by atoms with van der Waals surface area (Å²) in [7, 11) is 0. The molecule has 3 N–H and O–H groups in total. The van der Waals surface area contributed by atoms with E-state index in [2.05, 4.69) is 10.3 Å². The number of pyridine rings is 1. The number of halogens is 1. The van der Waals surface area contributed by atoms with Gasteiger partial charge in [-0.2, -0.15) is 0 Å². The zero-order chi connectivity index (χ0) is 10.2. The molecule has 1 heterocycles. The maximum atomic E-state index is 11.2. The summed E-state index contributed by atoms with van der Waals surface area (Å²) in [6.45, 7) is 1.02. The fraction of sp³-hybridized carbons (Fsp3) is 0.333. The minimum Gasteiger partial charge on any atom is -0.354 e. The number of nitrogens with zero attached hydrogens (tertiary/aromatic N) is 1. The highest BCUT2D eigenvalue weighted by Crippen LogP contribution is 2.15. The van der Waals surface area contributed by atoms with E-state index < -0.39 is 0 Å². The van der Waals surface area contributed by atoms with E-state index in [4.69, 9.17) is 5.73 Å². The van der Waals surface area contributed by atoms with Crippen LogP contribution in [0.1, 0.15) is 0 Å². The molecule has 0 aliphatic rings. The Morgan fingerprint density at radius 1 is 1.47 bits per heavy atom. The first kappa shape index (κ1) is 14.2. The Balaban J connectivity index is 0.00000196. The van der Waals surface area contributed by atoms with Crippen LogP contribution in [0.15, 0.2) is 29.4 Å². The first-order valence-electron chi connectivity index (χ1n) is 4.32. The quantitative estimate of drug-likeness (QED) is 0.751. The van der Waals surface area contributed by atoms with Crippen molar-refractivity contribution in [3.8, 4) is 0 Å². The fourth-order valence-electron chi connectivity index (χ4n) is 0.846. The molecule has 0 atom stereocenters. The topological polar surface area (TPSA) is 68.0 Å². The Morgan fingerprint density at radius 3 is 2.73 bits per heavy atom. The van der Waals surface area contributed by atoms with Crippen LogP contribution in [0, 0.1) is 0 Å². The second-order valence-corrected chi connectivity index (χ2v) is 3.66. The Hall–Kier alpha value is -0.780. The highest BCUT2D eigenvalue weighted by molar-refractivity contribution is 8.00. The van der Waals surface area contributed by atoms with E-state index in [0.717, 1.165) is 4.90 Å². The van der Waals surface area contributed by atoms with Crippen molar-refractivity contribution in [1.29, 1.82) is 0 Å². The van der Waals surface area contributed by atoms with Gasteiger partial charge in [0.15, 0.2) is 0 Å². The standard InChI is InChI=1S/C9H13N3OS.ClH/c10-3-6-12-9(13)7-14-8-1-4-11-5-2-8;/h1-2,4-5H,3,6-7,10H2,(H,12,13);1H. The van der Waals surface area contributed by atoms with Gasteiger partial charge in [0.2, 0.25) is 5.91 Å². The first-order valence-corrected chi connectivity index (χ1v) is 5.31. The molecule has 1 amide bonds. The van der Waals surface area contributed by atoms with Crippen LogP contribution in [-0.2, 0) is 4.79 Å². The molecule has 0 aliphatic carbocycles. The molecule has 15 heavy (non-hydrogen) atoms. The summed E-state index contributed by atoms with van der Waals surface area (Å²) in [5.74, 6) is 0.432. The lowest BCUT2D eigenvalue weighted by molar-refractivity contribution is -0.118. The van der Waals surface area contributed by atoms with Crippen LogP contribution in [0.2, 0.25) is 0 Å². The average molecular weight is 248 g/mol. The van der Waals surface area contributed by atoms with E-state index in [1.807, 2.05) is 12.1 Å². The van der Waals surface area contributed by atoms with Gasteiger partial charge in [-0.15, -0.1) is 24.2 Å². The largest absolute Gasteiger partial charge is 0.354 e. The number of thioether (sulfide) groups is 1. The Labute approximate surface area is 99.4 Å². The Bertz CT molecular complexity index is 284. The van der Waals surface area contributed by atoms with E-state index in [9.17, 15) is 4.79 Å². The number of carbonyl (C=O) groups is 1. The summed E-state index contributed by atoms with van der Waals surface area (Å²) in [5, 5.41) is 2.70. The minimum atomic E-state index is 0. The molecule has 1 rings (SSSR count). The number of hydrogen-bond acceptors (Lipinski definition) is 4. The van der Waals surface area contributed by atoms with Gasteiger partial charge < -0.3 is 11.1 Å². The molecule has 0 fully saturated rings. The number of rotatable bonds is 5. The van der Waals surface area contributed by atoms with E-state index in [1.165, 1.54) is 11.8 Å². The third kappa shape index (κ3) is 6.33. The maximum Gasteiger partial charge on any atom is 0.230 e. The van der Waals surface area contributed by atoms with E-state index >= 15 is 0 Å². The third-order valence-corrected chi connectivity index (χ3v) is 2.50. The normalized spacial score (nSPS) is 9.13. The van der Waals surface area contributed by atoms with E-state index in [1.54, 1.807) is 12.4 Å². The van der Waals surface area contributed by atoms with Crippen LogP contribution < -0.4 is 11.1 Å². The van der Waals surface area contributed by atoms with Crippen molar-refractivity contribution >= 4 is 30.1 Å². The van der Waals surface area contributed by atoms with Gasteiger partial charge in [-0.3, -0.25) is 9.78 Å². The van der Waals surface area contributed by atoms with Gasteiger partial charge in [-0.25, -0.2) is 0 Å². The zero-order valence-electron chi connectivity index (χ0n) is 8.18. The van der Waals surface area contributed by atoms with E-state index in [0.29, 0.717) is 18.8 Å². The highest BCUT2D eigenvalue weighted by Gasteiger charge is 2.00. The molecule has 84 valence electrons. The molecule has 0 aromatic carbocycles. The molecular weight excluding hydrogens is 234 g/mol. The molecule has 1 aromatic rings. The molecule has 4 nitrogen and oxygen atoms in total. The lowest BCUT2D eigenvalue weighted by Crippen LogP contribution is -2.30. The van der Waals surface area contributed by atoms with E-state index in [-0.39, 0.29) is 18.3 Å². The summed E-state index contributed by atoms with van der Waals surface area (Å²) in [4.78, 5) is 16.1. The van der Waals surface area contributed by atoms with Crippen LogP contribution in [0.4, 0.5) is 0 Å². The van der Waals surface area contributed by atoms with Crippen LogP contribution >= 0.6 is 24.2 Å². The fourth-order valence-corrected chi connectivity index (χ4v) is 1.56. The number of hydrogen-bond donors (Lipinski definition) is 2. The van der Waals surface area contributed by atoms with Crippen molar-refractivity contribution in [1.82, 2.24) is 10.3 Å². The van der Waals surface area contributed by atoms with Crippen molar-refractivity contribution in [2.45, 2.75) is 4.90 Å². The summed E-state index contributed by atoms with van der Waals surface area (Å²) in [5.41, 5.74) is 5.25. The number of nitrogens with two attached hydrogens (primary N) is 1. The van der Waals surface area contributed by atoms with Crippen molar-refractivity contribution in [2.75, 3.05) is 18.8 Å². The Kier molecular flexibility index (Phi) is 8.08. The molecule has 0 saturated carbocycles. The van der Waals surface area contributed by atoms with Crippen molar-refractivity contribution in [2.24, 2.45) is 5.73 Å². The summed E-state index contributed by atoms with van der Waals surface area (Å²) in [6.07, 6.45) is 3.42. The zero-order valence-corrected chi connectivity index (χ0v) is 9.81. The smallest absolute Gasteiger partial charge is 0.230 e. The first-order chi connectivity index (χ1) is 6.83. The molecule has 0 spiro atoms. The van der Waals surface area contributed by atoms with Crippen LogP contribution in [0.3, 0.4) is 0 Å². The molecule has 0 radical (unpaired) electrons. The van der Waals surface area contributed by atoms with Gasteiger partial charge in [-0.05, 0) is 12.1 Å². The van der Waals surface area contributed by atoms with Gasteiger partial charge in [0, 0.05) is 30.4 Å². The maximum absolute atomic E-state index is 11.2.